The van der Waals surface area contributed by atoms with Crippen molar-refractivity contribution in [1.29, 1.82) is 0 Å². The smallest absolute Gasteiger partial charge is 0.0766 e. The number of rotatable bonds is 3. The first-order valence-corrected chi connectivity index (χ1v) is 5.37. The minimum atomic E-state index is 0.716. The summed E-state index contributed by atoms with van der Waals surface area (Å²) in [6.07, 6.45) is 2.08. The van der Waals surface area contributed by atoms with Gasteiger partial charge in [0.05, 0.1) is 6.54 Å². The maximum absolute atomic E-state index is 3.27. The first-order valence-electron chi connectivity index (χ1n) is 4.15. The molecular weight excluding hydrogens is 178 g/mol. The zero-order chi connectivity index (χ0) is 9.52. The van der Waals surface area contributed by atoms with Gasteiger partial charge in [-0.1, -0.05) is 18.1 Å². The fourth-order valence-corrected chi connectivity index (χ4v) is 1.59. The van der Waals surface area contributed by atoms with E-state index in [-0.39, 0.29) is 0 Å². The predicted octanol–water partition coefficient (Wildman–Crippen LogP) is 2.84. The molecule has 68 valence electrons. The third-order valence-electron chi connectivity index (χ3n) is 1.65. The molecule has 0 fully saturated rings. The number of thioether (sulfide) groups is 1. The van der Waals surface area contributed by atoms with Gasteiger partial charge in [-0.2, -0.15) is 0 Å². The van der Waals surface area contributed by atoms with E-state index in [1.165, 1.54) is 4.90 Å². The van der Waals surface area contributed by atoms with E-state index in [2.05, 4.69) is 35.5 Å². The van der Waals surface area contributed by atoms with Crippen molar-refractivity contribution in [2.75, 3.05) is 18.1 Å². The van der Waals surface area contributed by atoms with Crippen LogP contribution in [0.3, 0.4) is 0 Å². The first kappa shape index (κ1) is 10.0. The van der Waals surface area contributed by atoms with Gasteiger partial charge in [-0.3, -0.25) is 0 Å². The fraction of sp³-hybridized carbons (Fsp3) is 0.273. The molecule has 1 rings (SSSR count). The van der Waals surface area contributed by atoms with Crippen LogP contribution in [0.15, 0.2) is 29.2 Å². The summed E-state index contributed by atoms with van der Waals surface area (Å²) in [6.45, 7) is 2.57. The summed E-state index contributed by atoms with van der Waals surface area (Å²) in [7, 11) is 0. The molecule has 0 aromatic heterocycles. The lowest BCUT2D eigenvalue weighted by molar-refractivity contribution is 1.31. The second-order valence-electron chi connectivity index (χ2n) is 2.48. The van der Waals surface area contributed by atoms with Crippen LogP contribution in [0.25, 0.3) is 0 Å². The Bertz CT molecular complexity index is 322. The molecule has 1 nitrogen and oxygen atoms in total. The number of benzene rings is 1. The van der Waals surface area contributed by atoms with Gasteiger partial charge in [-0.25, -0.2) is 0 Å². The monoisotopic (exact) mass is 191 g/mol. The highest BCUT2D eigenvalue weighted by Crippen LogP contribution is 2.23. The second kappa shape index (κ2) is 5.55. The van der Waals surface area contributed by atoms with E-state index in [1.807, 2.05) is 19.1 Å². The van der Waals surface area contributed by atoms with Gasteiger partial charge in [0.15, 0.2) is 0 Å². The van der Waals surface area contributed by atoms with Crippen molar-refractivity contribution in [1.82, 2.24) is 0 Å². The molecule has 0 atom stereocenters. The molecule has 0 spiro atoms. The summed E-state index contributed by atoms with van der Waals surface area (Å²) in [5, 5.41) is 3.27. The molecule has 0 heterocycles. The molecule has 0 unspecified atom stereocenters. The minimum Gasteiger partial charge on any atom is -0.373 e. The summed E-state index contributed by atoms with van der Waals surface area (Å²) < 4.78 is 0. The van der Waals surface area contributed by atoms with Crippen LogP contribution in [0.1, 0.15) is 6.92 Å². The van der Waals surface area contributed by atoms with Crippen LogP contribution >= 0.6 is 11.8 Å². The van der Waals surface area contributed by atoms with Gasteiger partial charge in [0, 0.05) is 10.6 Å². The van der Waals surface area contributed by atoms with E-state index >= 15 is 0 Å². The van der Waals surface area contributed by atoms with Crippen molar-refractivity contribution >= 4 is 17.4 Å². The second-order valence-corrected chi connectivity index (χ2v) is 3.33. The first-order chi connectivity index (χ1) is 6.38. The van der Waals surface area contributed by atoms with Crippen LogP contribution in [0, 0.1) is 11.8 Å². The molecule has 0 bridgehead atoms. The summed E-state index contributed by atoms with van der Waals surface area (Å²) >= 11 is 1.74. The maximum Gasteiger partial charge on any atom is 0.0766 e. The Morgan fingerprint density at radius 1 is 1.38 bits per heavy atom. The standard InChI is InChI=1S/C11H13NS/c1-3-4-9-12-10-7-5-6-8-11(10)13-2/h5-8,12H,9H2,1-2H3. The van der Waals surface area contributed by atoms with Crippen molar-refractivity contribution < 1.29 is 0 Å². The Balaban J connectivity index is 2.67. The van der Waals surface area contributed by atoms with Gasteiger partial charge in [0.2, 0.25) is 0 Å². The van der Waals surface area contributed by atoms with Gasteiger partial charge in [0.25, 0.3) is 0 Å². The lowest BCUT2D eigenvalue weighted by atomic mass is 10.3. The average molecular weight is 191 g/mol. The zero-order valence-corrected chi connectivity index (χ0v) is 8.74. The molecule has 0 amide bonds. The zero-order valence-electron chi connectivity index (χ0n) is 7.92. The Hall–Kier alpha value is -1.07. The topological polar surface area (TPSA) is 12.0 Å². The van der Waals surface area contributed by atoms with Crippen LogP contribution in [0.4, 0.5) is 5.69 Å². The largest absolute Gasteiger partial charge is 0.373 e. The SMILES string of the molecule is CC#CCNc1ccccc1SC. The van der Waals surface area contributed by atoms with E-state index in [1.54, 1.807) is 11.8 Å². The van der Waals surface area contributed by atoms with Crippen molar-refractivity contribution in [2.45, 2.75) is 11.8 Å². The van der Waals surface area contributed by atoms with E-state index < -0.39 is 0 Å². The van der Waals surface area contributed by atoms with Gasteiger partial charge in [-0.15, -0.1) is 17.7 Å². The fourth-order valence-electron chi connectivity index (χ4n) is 1.02. The summed E-state index contributed by atoms with van der Waals surface area (Å²) in [6, 6.07) is 8.25. The highest BCUT2D eigenvalue weighted by atomic mass is 32.2. The molecule has 1 aromatic carbocycles. The molecular formula is C11H13NS. The van der Waals surface area contributed by atoms with E-state index in [9.17, 15) is 0 Å². The molecule has 13 heavy (non-hydrogen) atoms. The highest BCUT2D eigenvalue weighted by molar-refractivity contribution is 7.98. The van der Waals surface area contributed by atoms with Gasteiger partial charge >= 0.3 is 0 Å². The van der Waals surface area contributed by atoms with Gasteiger partial charge in [0.1, 0.15) is 0 Å². The van der Waals surface area contributed by atoms with E-state index in [0.717, 1.165) is 5.69 Å². The predicted molar refractivity (Wildman–Crippen MR) is 60.2 cm³/mol. The van der Waals surface area contributed by atoms with Crippen molar-refractivity contribution in [3.05, 3.63) is 24.3 Å². The quantitative estimate of drug-likeness (QED) is 0.582. The van der Waals surface area contributed by atoms with E-state index in [0.29, 0.717) is 6.54 Å². The molecule has 0 aliphatic rings. The molecule has 1 aromatic rings. The molecule has 2 heteroatoms. The Labute approximate surface area is 83.9 Å². The van der Waals surface area contributed by atoms with Crippen LogP contribution in [-0.2, 0) is 0 Å². The Morgan fingerprint density at radius 2 is 2.15 bits per heavy atom. The number of hydrogen-bond acceptors (Lipinski definition) is 2. The third-order valence-corrected chi connectivity index (χ3v) is 2.45. The lowest BCUT2D eigenvalue weighted by Gasteiger charge is -2.06. The molecule has 1 N–H and O–H groups in total. The van der Waals surface area contributed by atoms with Crippen LogP contribution in [-0.4, -0.2) is 12.8 Å². The molecule has 0 radical (unpaired) electrons. The van der Waals surface area contributed by atoms with Gasteiger partial charge in [-0.05, 0) is 25.3 Å². The lowest BCUT2D eigenvalue weighted by Crippen LogP contribution is -1.99. The minimum absolute atomic E-state index is 0.716. The average Bonchev–Trinajstić information content (AvgIpc) is 2.19. The van der Waals surface area contributed by atoms with Crippen LogP contribution < -0.4 is 5.32 Å². The van der Waals surface area contributed by atoms with Crippen molar-refractivity contribution in [3.63, 3.8) is 0 Å². The Morgan fingerprint density at radius 3 is 2.85 bits per heavy atom. The molecule has 0 saturated heterocycles. The normalized spacial score (nSPS) is 8.77. The van der Waals surface area contributed by atoms with Gasteiger partial charge < -0.3 is 5.32 Å². The highest BCUT2D eigenvalue weighted by Gasteiger charge is 1.96. The number of hydrogen-bond donors (Lipinski definition) is 1. The van der Waals surface area contributed by atoms with Crippen molar-refractivity contribution in [3.8, 4) is 11.8 Å². The van der Waals surface area contributed by atoms with Crippen molar-refractivity contribution in [2.24, 2.45) is 0 Å². The third kappa shape index (κ3) is 3.04. The van der Waals surface area contributed by atoms with E-state index in [4.69, 9.17) is 0 Å². The number of para-hydroxylation sites is 1. The molecule has 0 aliphatic carbocycles. The Kier molecular flexibility index (Phi) is 4.28. The summed E-state index contributed by atoms with van der Waals surface area (Å²) in [4.78, 5) is 1.26. The van der Waals surface area contributed by atoms with Crippen LogP contribution in [0.2, 0.25) is 0 Å². The molecule has 0 aliphatic heterocycles. The summed E-state index contributed by atoms with van der Waals surface area (Å²) in [5.74, 6) is 5.83. The summed E-state index contributed by atoms with van der Waals surface area (Å²) in [5.41, 5.74) is 1.16. The maximum atomic E-state index is 3.27. The molecule has 0 saturated carbocycles. The number of anilines is 1. The number of nitrogens with one attached hydrogen (secondary N) is 1. The van der Waals surface area contributed by atoms with Crippen LogP contribution in [0.5, 0.6) is 0 Å².